The van der Waals surface area contributed by atoms with Crippen LogP contribution in [0.4, 0.5) is 0 Å². The molecule has 3 heteroatoms. The predicted octanol–water partition coefficient (Wildman–Crippen LogP) is 0.960. The molecule has 0 aromatic rings. The van der Waals surface area contributed by atoms with Crippen LogP contribution >= 0.6 is 12.6 Å². The van der Waals surface area contributed by atoms with E-state index in [2.05, 4.69) is 19.6 Å². The Labute approximate surface area is 61.2 Å². The van der Waals surface area contributed by atoms with Gasteiger partial charge in [-0.25, -0.2) is 0 Å². The maximum absolute atomic E-state index is 10.3. The van der Waals surface area contributed by atoms with Crippen molar-refractivity contribution in [3.05, 3.63) is 0 Å². The molecule has 1 amide bonds. The minimum atomic E-state index is -0.261. The summed E-state index contributed by atoms with van der Waals surface area (Å²) in [5.41, 5.74) is 4.94. The first-order chi connectivity index (χ1) is 4.16. The molecule has 0 aliphatic rings. The topological polar surface area (TPSA) is 43.1 Å². The number of hydrogen-bond donors (Lipinski definition) is 2. The Morgan fingerprint density at radius 3 is 2.67 bits per heavy atom. The van der Waals surface area contributed by atoms with Crippen LogP contribution in [-0.2, 0) is 4.79 Å². The lowest BCUT2D eigenvalue weighted by atomic mass is 10.2. The molecule has 0 bridgehead atoms. The summed E-state index contributed by atoms with van der Waals surface area (Å²) < 4.78 is 0. The summed E-state index contributed by atoms with van der Waals surface area (Å²) >= 11 is 4.15. The molecule has 2 nitrogen and oxygen atoms in total. The molecule has 0 fully saturated rings. The lowest BCUT2D eigenvalue weighted by molar-refractivity contribution is -0.118. The molecule has 1 unspecified atom stereocenters. The van der Waals surface area contributed by atoms with Crippen molar-refractivity contribution in [1.29, 1.82) is 0 Å². The van der Waals surface area contributed by atoms with Crippen molar-refractivity contribution in [3.63, 3.8) is 0 Å². The van der Waals surface area contributed by atoms with Gasteiger partial charge in [-0.3, -0.25) is 4.79 Å². The Hall–Kier alpha value is -0.180. The zero-order chi connectivity index (χ0) is 7.28. The van der Waals surface area contributed by atoms with Gasteiger partial charge in [-0.2, -0.15) is 12.6 Å². The van der Waals surface area contributed by atoms with Crippen LogP contribution in [0.25, 0.3) is 0 Å². The van der Waals surface area contributed by atoms with Crippen LogP contribution in [0.3, 0.4) is 0 Å². The minimum absolute atomic E-state index is 0.160. The first-order valence-corrected chi connectivity index (χ1v) is 3.64. The molecule has 0 heterocycles. The number of carbonyl (C=O) groups excluding carboxylic acids is 1. The standard InChI is InChI=1S/C6H13NOS/c1-2-3-5(9)4-6(7)8/h5,9H,2-4H2,1H3,(H2,7,8). The highest BCUT2D eigenvalue weighted by molar-refractivity contribution is 7.81. The van der Waals surface area contributed by atoms with Crippen molar-refractivity contribution in [3.8, 4) is 0 Å². The van der Waals surface area contributed by atoms with E-state index in [-0.39, 0.29) is 11.2 Å². The van der Waals surface area contributed by atoms with Gasteiger partial charge in [0.1, 0.15) is 0 Å². The Morgan fingerprint density at radius 2 is 2.33 bits per heavy atom. The van der Waals surface area contributed by atoms with E-state index < -0.39 is 0 Å². The second-order valence-corrected chi connectivity index (χ2v) is 2.84. The first kappa shape index (κ1) is 8.82. The zero-order valence-electron chi connectivity index (χ0n) is 5.63. The minimum Gasteiger partial charge on any atom is -0.370 e. The Bertz CT molecular complexity index is 95.1. The molecule has 54 valence electrons. The van der Waals surface area contributed by atoms with E-state index in [1.807, 2.05) is 0 Å². The quantitative estimate of drug-likeness (QED) is 0.571. The smallest absolute Gasteiger partial charge is 0.218 e. The Balaban J connectivity index is 3.26. The first-order valence-electron chi connectivity index (χ1n) is 3.13. The second kappa shape index (κ2) is 4.68. The SMILES string of the molecule is CCCC(S)CC(N)=O. The van der Waals surface area contributed by atoms with E-state index in [0.29, 0.717) is 6.42 Å². The van der Waals surface area contributed by atoms with Gasteiger partial charge in [0.2, 0.25) is 5.91 Å². The molecule has 1 atom stereocenters. The number of primary amides is 1. The molecule has 0 aliphatic heterocycles. The van der Waals surface area contributed by atoms with Gasteiger partial charge in [0.25, 0.3) is 0 Å². The normalized spacial score (nSPS) is 13.1. The van der Waals surface area contributed by atoms with Crippen molar-refractivity contribution >= 4 is 18.5 Å². The fourth-order valence-electron chi connectivity index (χ4n) is 0.668. The molecule has 0 aliphatic carbocycles. The average molecular weight is 147 g/mol. The van der Waals surface area contributed by atoms with Gasteiger partial charge in [0, 0.05) is 11.7 Å². The summed E-state index contributed by atoms with van der Waals surface area (Å²) in [6, 6.07) is 0. The second-order valence-electron chi connectivity index (χ2n) is 2.11. The largest absolute Gasteiger partial charge is 0.370 e. The van der Waals surface area contributed by atoms with Crippen molar-refractivity contribution in [2.75, 3.05) is 0 Å². The maximum atomic E-state index is 10.3. The van der Waals surface area contributed by atoms with E-state index in [1.165, 1.54) is 0 Å². The molecular formula is C6H13NOS. The molecule has 0 saturated heterocycles. The Morgan fingerprint density at radius 1 is 1.78 bits per heavy atom. The number of thiol groups is 1. The van der Waals surface area contributed by atoms with Gasteiger partial charge >= 0.3 is 0 Å². The molecule has 0 radical (unpaired) electrons. The maximum Gasteiger partial charge on any atom is 0.218 e. The fourth-order valence-corrected chi connectivity index (χ4v) is 1.11. The highest BCUT2D eigenvalue weighted by Gasteiger charge is 2.03. The van der Waals surface area contributed by atoms with Crippen LogP contribution in [0, 0.1) is 0 Å². The van der Waals surface area contributed by atoms with Gasteiger partial charge in [-0.05, 0) is 6.42 Å². The van der Waals surface area contributed by atoms with E-state index in [9.17, 15) is 4.79 Å². The highest BCUT2D eigenvalue weighted by atomic mass is 32.1. The fraction of sp³-hybridized carbons (Fsp3) is 0.833. The van der Waals surface area contributed by atoms with Gasteiger partial charge in [-0.1, -0.05) is 13.3 Å². The molecule has 0 spiro atoms. The summed E-state index contributed by atoms with van der Waals surface area (Å²) in [6.45, 7) is 2.06. The van der Waals surface area contributed by atoms with Gasteiger partial charge in [0.15, 0.2) is 0 Å². The average Bonchev–Trinajstić information content (AvgIpc) is 1.63. The van der Waals surface area contributed by atoms with Gasteiger partial charge < -0.3 is 5.73 Å². The number of carbonyl (C=O) groups is 1. The van der Waals surface area contributed by atoms with E-state index >= 15 is 0 Å². The van der Waals surface area contributed by atoms with Crippen LogP contribution in [0.2, 0.25) is 0 Å². The van der Waals surface area contributed by atoms with Crippen LogP contribution in [0.15, 0.2) is 0 Å². The Kier molecular flexibility index (Phi) is 4.58. The molecule has 0 rings (SSSR count). The van der Waals surface area contributed by atoms with E-state index in [1.54, 1.807) is 0 Å². The predicted molar refractivity (Wildman–Crippen MR) is 41.5 cm³/mol. The van der Waals surface area contributed by atoms with Gasteiger partial charge in [-0.15, -0.1) is 0 Å². The number of nitrogens with two attached hydrogens (primary N) is 1. The zero-order valence-corrected chi connectivity index (χ0v) is 6.53. The molecule has 0 aromatic heterocycles. The van der Waals surface area contributed by atoms with Gasteiger partial charge in [0.05, 0.1) is 0 Å². The lowest BCUT2D eigenvalue weighted by Gasteiger charge is -2.03. The highest BCUT2D eigenvalue weighted by Crippen LogP contribution is 2.07. The van der Waals surface area contributed by atoms with E-state index in [0.717, 1.165) is 12.8 Å². The van der Waals surface area contributed by atoms with Crippen molar-refractivity contribution in [2.24, 2.45) is 5.73 Å². The molecule has 0 saturated carbocycles. The third kappa shape index (κ3) is 5.69. The summed E-state index contributed by atoms with van der Waals surface area (Å²) in [6.07, 6.45) is 2.42. The monoisotopic (exact) mass is 147 g/mol. The van der Waals surface area contributed by atoms with E-state index in [4.69, 9.17) is 5.73 Å². The van der Waals surface area contributed by atoms with Crippen LogP contribution in [-0.4, -0.2) is 11.2 Å². The summed E-state index contributed by atoms with van der Waals surface area (Å²) in [5, 5.41) is 0.160. The molecular weight excluding hydrogens is 134 g/mol. The van der Waals surface area contributed by atoms with Crippen LogP contribution < -0.4 is 5.73 Å². The third-order valence-corrected chi connectivity index (χ3v) is 1.50. The summed E-state index contributed by atoms with van der Waals surface area (Å²) in [7, 11) is 0. The summed E-state index contributed by atoms with van der Waals surface area (Å²) in [4.78, 5) is 10.3. The third-order valence-electron chi connectivity index (χ3n) is 1.06. The molecule has 2 N–H and O–H groups in total. The van der Waals surface area contributed by atoms with Crippen molar-refractivity contribution < 1.29 is 4.79 Å². The number of hydrogen-bond acceptors (Lipinski definition) is 2. The van der Waals surface area contributed by atoms with Crippen molar-refractivity contribution in [2.45, 2.75) is 31.4 Å². The van der Waals surface area contributed by atoms with Crippen molar-refractivity contribution in [1.82, 2.24) is 0 Å². The summed E-state index contributed by atoms with van der Waals surface area (Å²) in [5.74, 6) is -0.261. The van der Waals surface area contributed by atoms with Crippen LogP contribution in [0.5, 0.6) is 0 Å². The lowest BCUT2D eigenvalue weighted by Crippen LogP contribution is -2.16. The van der Waals surface area contributed by atoms with Crippen LogP contribution in [0.1, 0.15) is 26.2 Å². The molecule has 0 aromatic carbocycles. The number of amides is 1. The molecule has 9 heavy (non-hydrogen) atoms. The number of rotatable bonds is 4.